The number of nitrogens with zero attached hydrogens (tertiary/aromatic N) is 4. The number of aromatic nitrogens is 3. The lowest BCUT2D eigenvalue weighted by molar-refractivity contribution is 0.0978. The normalized spacial score (nSPS) is 11.2. The molecule has 0 bridgehead atoms. The molecular formula is C23H28N4O3. The molecular weight excluding hydrogens is 380 g/mol. The Labute approximate surface area is 176 Å². The van der Waals surface area contributed by atoms with Crippen molar-refractivity contribution in [3.8, 4) is 28.4 Å². The summed E-state index contributed by atoms with van der Waals surface area (Å²) in [4.78, 5) is 14.8. The number of hydrogen-bond donors (Lipinski definition) is 2. The van der Waals surface area contributed by atoms with Gasteiger partial charge in [-0.25, -0.2) is 4.68 Å². The molecule has 2 aromatic carbocycles. The Hall–Kier alpha value is -3.19. The minimum Gasteiger partial charge on any atom is -0.504 e. The average molecular weight is 409 g/mol. The number of rotatable bonds is 10. The fourth-order valence-corrected chi connectivity index (χ4v) is 3.31. The van der Waals surface area contributed by atoms with Gasteiger partial charge in [-0.2, -0.15) is 0 Å². The zero-order valence-corrected chi connectivity index (χ0v) is 17.5. The number of benzene rings is 2. The predicted molar refractivity (Wildman–Crippen MR) is 116 cm³/mol. The molecule has 0 saturated heterocycles. The fourth-order valence-electron chi connectivity index (χ4n) is 3.31. The summed E-state index contributed by atoms with van der Waals surface area (Å²) in [5.74, 6) is -0.235. The van der Waals surface area contributed by atoms with E-state index in [1.807, 2.05) is 24.3 Å². The molecule has 0 radical (unpaired) electrons. The number of carbonyl (C=O) groups is 1. The molecule has 0 aliphatic heterocycles. The van der Waals surface area contributed by atoms with Crippen LogP contribution in [0.2, 0.25) is 0 Å². The van der Waals surface area contributed by atoms with Crippen LogP contribution in [0.5, 0.6) is 11.5 Å². The van der Waals surface area contributed by atoms with E-state index in [2.05, 4.69) is 29.1 Å². The Bertz CT molecular complexity index is 978. The second-order valence-corrected chi connectivity index (χ2v) is 7.21. The van der Waals surface area contributed by atoms with Gasteiger partial charge in [-0.3, -0.25) is 4.79 Å². The van der Waals surface area contributed by atoms with E-state index >= 15 is 0 Å². The van der Waals surface area contributed by atoms with E-state index in [0.29, 0.717) is 23.2 Å². The number of ketones is 1. The summed E-state index contributed by atoms with van der Waals surface area (Å²) >= 11 is 0. The van der Waals surface area contributed by atoms with Crippen molar-refractivity contribution in [2.24, 2.45) is 0 Å². The van der Waals surface area contributed by atoms with Crippen LogP contribution in [0.1, 0.15) is 43.5 Å². The van der Waals surface area contributed by atoms with Crippen LogP contribution in [-0.4, -0.2) is 55.5 Å². The van der Waals surface area contributed by atoms with Crippen molar-refractivity contribution in [3.05, 3.63) is 54.2 Å². The Morgan fingerprint density at radius 2 is 1.73 bits per heavy atom. The van der Waals surface area contributed by atoms with Crippen molar-refractivity contribution in [1.29, 1.82) is 0 Å². The first-order valence-electron chi connectivity index (χ1n) is 10.3. The maximum Gasteiger partial charge on any atom is 0.162 e. The van der Waals surface area contributed by atoms with Crippen LogP contribution in [0.15, 0.2) is 48.7 Å². The maximum atomic E-state index is 12.4. The molecule has 1 heterocycles. The van der Waals surface area contributed by atoms with Crippen LogP contribution in [0.4, 0.5) is 0 Å². The van der Waals surface area contributed by atoms with Crippen molar-refractivity contribution in [2.75, 3.05) is 19.6 Å². The Balaban J connectivity index is 1.60. The summed E-state index contributed by atoms with van der Waals surface area (Å²) in [6, 6.07) is 11.8. The Morgan fingerprint density at radius 1 is 1.00 bits per heavy atom. The monoisotopic (exact) mass is 408 g/mol. The highest BCUT2D eigenvalue weighted by Gasteiger charge is 2.10. The first kappa shape index (κ1) is 21.5. The van der Waals surface area contributed by atoms with Crippen molar-refractivity contribution in [1.82, 2.24) is 19.9 Å². The molecule has 30 heavy (non-hydrogen) atoms. The van der Waals surface area contributed by atoms with Gasteiger partial charge in [-0.1, -0.05) is 19.1 Å². The van der Waals surface area contributed by atoms with Crippen LogP contribution in [0.3, 0.4) is 0 Å². The van der Waals surface area contributed by atoms with Gasteiger partial charge in [0.15, 0.2) is 17.3 Å². The SMILES string of the molecule is CCN(CC)CCCCC(=O)c1ccc(-n2cc(-c3ccc(O)c(O)c3)nn2)cc1. The highest BCUT2D eigenvalue weighted by molar-refractivity contribution is 5.96. The van der Waals surface area contributed by atoms with Crippen LogP contribution in [0, 0.1) is 0 Å². The van der Waals surface area contributed by atoms with Gasteiger partial charge in [0, 0.05) is 17.5 Å². The van der Waals surface area contributed by atoms with E-state index in [1.165, 1.54) is 12.1 Å². The highest BCUT2D eigenvalue weighted by atomic mass is 16.3. The quantitative estimate of drug-likeness (QED) is 0.299. The molecule has 0 aliphatic rings. The second-order valence-electron chi connectivity index (χ2n) is 7.21. The third-order valence-electron chi connectivity index (χ3n) is 5.24. The number of phenols is 2. The van der Waals surface area contributed by atoms with E-state index in [9.17, 15) is 15.0 Å². The average Bonchev–Trinajstić information content (AvgIpc) is 3.26. The van der Waals surface area contributed by atoms with Crippen LogP contribution >= 0.6 is 0 Å². The van der Waals surface area contributed by atoms with E-state index in [-0.39, 0.29) is 17.3 Å². The number of Topliss-reactive ketones (excluding diaryl/α,β-unsaturated/α-hetero) is 1. The number of phenolic OH excluding ortho intramolecular Hbond substituents is 2. The van der Waals surface area contributed by atoms with Crippen LogP contribution in [0.25, 0.3) is 16.9 Å². The Morgan fingerprint density at radius 3 is 2.40 bits per heavy atom. The number of hydrogen-bond acceptors (Lipinski definition) is 6. The lowest BCUT2D eigenvalue weighted by Gasteiger charge is -2.17. The molecule has 158 valence electrons. The van der Waals surface area contributed by atoms with Gasteiger partial charge >= 0.3 is 0 Å². The predicted octanol–water partition coefficient (Wildman–Crippen LogP) is 4.04. The molecule has 7 nitrogen and oxygen atoms in total. The molecule has 0 spiro atoms. The minimum absolute atomic E-state index is 0.153. The van der Waals surface area contributed by atoms with E-state index in [4.69, 9.17) is 0 Å². The molecule has 0 unspecified atom stereocenters. The third kappa shape index (κ3) is 5.24. The number of carbonyl (C=O) groups excluding carboxylic acids is 1. The zero-order chi connectivity index (χ0) is 21.5. The molecule has 3 rings (SSSR count). The molecule has 0 amide bonds. The van der Waals surface area contributed by atoms with Gasteiger partial charge < -0.3 is 15.1 Å². The van der Waals surface area contributed by atoms with Crippen LogP contribution in [-0.2, 0) is 0 Å². The second kappa shape index (κ2) is 10.0. The molecule has 0 aliphatic carbocycles. The van der Waals surface area contributed by atoms with E-state index < -0.39 is 0 Å². The lowest BCUT2D eigenvalue weighted by atomic mass is 10.0. The molecule has 7 heteroatoms. The molecule has 2 N–H and O–H groups in total. The van der Waals surface area contributed by atoms with Gasteiger partial charge in [0.25, 0.3) is 0 Å². The topological polar surface area (TPSA) is 91.5 Å². The summed E-state index contributed by atoms with van der Waals surface area (Å²) in [7, 11) is 0. The fraction of sp³-hybridized carbons (Fsp3) is 0.348. The maximum absolute atomic E-state index is 12.4. The lowest BCUT2D eigenvalue weighted by Crippen LogP contribution is -2.24. The summed E-state index contributed by atoms with van der Waals surface area (Å²) < 4.78 is 1.61. The number of aromatic hydroxyl groups is 2. The van der Waals surface area contributed by atoms with Gasteiger partial charge in [-0.05, 0) is 74.9 Å². The standard InChI is InChI=1S/C23H28N4O3/c1-3-26(4-2)14-6-5-7-21(28)17-8-11-19(12-9-17)27-16-20(24-25-27)18-10-13-22(29)23(30)15-18/h8-13,15-16,29-30H,3-7,14H2,1-2H3. The zero-order valence-electron chi connectivity index (χ0n) is 17.5. The minimum atomic E-state index is -0.206. The molecule has 1 aromatic heterocycles. The van der Waals surface area contributed by atoms with Crippen molar-refractivity contribution < 1.29 is 15.0 Å². The third-order valence-corrected chi connectivity index (χ3v) is 5.24. The largest absolute Gasteiger partial charge is 0.504 e. The summed E-state index contributed by atoms with van der Waals surface area (Å²) in [5, 5.41) is 27.3. The first-order chi connectivity index (χ1) is 14.5. The molecule has 0 saturated carbocycles. The summed E-state index contributed by atoms with van der Waals surface area (Å²) in [6.45, 7) is 7.44. The van der Waals surface area contributed by atoms with E-state index in [1.54, 1.807) is 16.9 Å². The molecule has 3 aromatic rings. The Kier molecular flexibility index (Phi) is 7.19. The van der Waals surface area contributed by atoms with Gasteiger partial charge in [0.05, 0.1) is 11.9 Å². The van der Waals surface area contributed by atoms with Crippen molar-refractivity contribution in [2.45, 2.75) is 33.1 Å². The summed E-state index contributed by atoms with van der Waals surface area (Å²) in [6.07, 6.45) is 4.21. The molecule has 0 fully saturated rings. The van der Waals surface area contributed by atoms with Gasteiger partial charge in [0.1, 0.15) is 5.69 Å². The summed E-state index contributed by atoms with van der Waals surface area (Å²) in [5.41, 5.74) is 2.70. The number of unbranched alkanes of at least 4 members (excludes halogenated alkanes) is 1. The molecule has 0 atom stereocenters. The first-order valence-corrected chi connectivity index (χ1v) is 10.3. The van der Waals surface area contributed by atoms with Gasteiger partial charge in [-0.15, -0.1) is 5.10 Å². The van der Waals surface area contributed by atoms with E-state index in [0.717, 1.165) is 38.2 Å². The highest BCUT2D eigenvalue weighted by Crippen LogP contribution is 2.29. The smallest absolute Gasteiger partial charge is 0.162 e. The van der Waals surface area contributed by atoms with Crippen LogP contribution < -0.4 is 0 Å². The van der Waals surface area contributed by atoms with Gasteiger partial charge in [0.2, 0.25) is 0 Å². The van der Waals surface area contributed by atoms with Crippen molar-refractivity contribution in [3.63, 3.8) is 0 Å². The van der Waals surface area contributed by atoms with Crippen molar-refractivity contribution >= 4 is 5.78 Å².